The highest BCUT2D eigenvalue weighted by atomic mass is 16.5. The Kier molecular flexibility index (Phi) is 11.4. The molecule has 3 aromatic rings. The lowest BCUT2D eigenvalue weighted by Gasteiger charge is -2.15. The smallest absolute Gasteiger partial charge is 0.347 e. The fraction of sp³-hybridized carbons (Fsp3) is 0.394. The van der Waals surface area contributed by atoms with Crippen LogP contribution in [0.5, 0.6) is 34.5 Å². The third kappa shape index (κ3) is 8.16. The molecule has 8 nitrogen and oxygen atoms in total. The highest BCUT2D eigenvalue weighted by molar-refractivity contribution is 5.97. The molecular weight excluding hydrogens is 524 g/mol. The molecule has 2 N–H and O–H groups in total. The Labute approximate surface area is 241 Å². The summed E-state index contributed by atoms with van der Waals surface area (Å²) >= 11 is 0. The van der Waals surface area contributed by atoms with Gasteiger partial charge in [-0.05, 0) is 66.6 Å². The Morgan fingerprint density at radius 3 is 1.44 bits per heavy atom. The van der Waals surface area contributed by atoms with E-state index in [4.69, 9.17) is 18.9 Å². The van der Waals surface area contributed by atoms with Gasteiger partial charge in [0.25, 0.3) is 0 Å². The van der Waals surface area contributed by atoms with E-state index in [2.05, 4.69) is 6.92 Å². The Balaban J connectivity index is 1.97. The van der Waals surface area contributed by atoms with Crippen LogP contribution in [0.3, 0.4) is 0 Å². The van der Waals surface area contributed by atoms with Crippen LogP contribution in [0.2, 0.25) is 0 Å². The normalized spacial score (nSPS) is 10.8. The van der Waals surface area contributed by atoms with Crippen molar-refractivity contribution >= 4 is 11.9 Å². The fourth-order valence-corrected chi connectivity index (χ4v) is 4.74. The number of aryl methyl sites for hydroxylation is 3. The second kappa shape index (κ2) is 15.0. The number of carbonyl (C=O) groups is 2. The van der Waals surface area contributed by atoms with Crippen LogP contribution in [0.15, 0.2) is 42.5 Å². The number of hydrogen-bond acceptors (Lipinski definition) is 8. The van der Waals surface area contributed by atoms with Gasteiger partial charge in [-0.25, -0.2) is 9.59 Å². The molecular formula is C33H40O8. The van der Waals surface area contributed by atoms with Crippen LogP contribution >= 0.6 is 0 Å². The minimum Gasteiger partial charge on any atom is -0.507 e. The van der Waals surface area contributed by atoms with Gasteiger partial charge in [-0.3, -0.25) is 0 Å². The molecule has 3 aromatic carbocycles. The summed E-state index contributed by atoms with van der Waals surface area (Å²) in [4.78, 5) is 26.6. The second-order valence-electron chi connectivity index (χ2n) is 9.91. The molecule has 0 heterocycles. The maximum Gasteiger partial charge on any atom is 0.347 e. The number of benzene rings is 3. The molecule has 0 bridgehead atoms. The third-order valence-corrected chi connectivity index (χ3v) is 6.69. The molecule has 0 fully saturated rings. The number of phenolic OH excluding ortho intramolecular Hbond substituents is 2. The van der Waals surface area contributed by atoms with E-state index in [9.17, 15) is 19.8 Å². The fourth-order valence-electron chi connectivity index (χ4n) is 4.74. The number of rotatable bonds is 14. The summed E-state index contributed by atoms with van der Waals surface area (Å²) in [6, 6.07) is 11.1. The zero-order valence-corrected chi connectivity index (χ0v) is 24.5. The minimum atomic E-state index is -0.727. The molecule has 0 atom stereocenters. The average Bonchev–Trinajstić information content (AvgIpc) is 2.92. The first-order valence-electron chi connectivity index (χ1n) is 14.1. The Morgan fingerprint density at radius 1 is 0.585 bits per heavy atom. The van der Waals surface area contributed by atoms with Crippen LogP contribution < -0.4 is 18.9 Å². The quantitative estimate of drug-likeness (QED) is 0.120. The lowest BCUT2D eigenvalue weighted by molar-refractivity contribution is 0.0729. The van der Waals surface area contributed by atoms with Gasteiger partial charge in [-0.1, -0.05) is 46.5 Å². The monoisotopic (exact) mass is 564 g/mol. The van der Waals surface area contributed by atoms with Gasteiger partial charge in [0.15, 0.2) is 0 Å². The molecule has 0 aromatic heterocycles. The van der Waals surface area contributed by atoms with Crippen molar-refractivity contribution in [2.24, 2.45) is 0 Å². The number of hydrogen-bond donors (Lipinski definition) is 2. The van der Waals surface area contributed by atoms with Crippen LogP contribution in [-0.2, 0) is 19.3 Å². The molecule has 8 heteroatoms. The molecule has 0 unspecified atom stereocenters. The van der Waals surface area contributed by atoms with Gasteiger partial charge in [0.2, 0.25) is 0 Å². The van der Waals surface area contributed by atoms with E-state index in [1.807, 2.05) is 13.8 Å². The van der Waals surface area contributed by atoms with E-state index in [1.54, 1.807) is 24.3 Å². The van der Waals surface area contributed by atoms with E-state index < -0.39 is 11.9 Å². The zero-order valence-electron chi connectivity index (χ0n) is 24.5. The van der Waals surface area contributed by atoms with Crippen LogP contribution in [-0.4, -0.2) is 36.4 Å². The van der Waals surface area contributed by atoms with Crippen LogP contribution in [0.25, 0.3) is 0 Å². The van der Waals surface area contributed by atoms with Crippen molar-refractivity contribution in [1.82, 2.24) is 0 Å². The largest absolute Gasteiger partial charge is 0.507 e. The Bertz CT molecular complexity index is 1270. The minimum absolute atomic E-state index is 0.0648. The first kappa shape index (κ1) is 31.3. The van der Waals surface area contributed by atoms with Crippen LogP contribution in [0.4, 0.5) is 0 Å². The van der Waals surface area contributed by atoms with Gasteiger partial charge in [0.1, 0.15) is 45.6 Å². The lowest BCUT2D eigenvalue weighted by Crippen LogP contribution is -2.14. The lowest BCUT2D eigenvalue weighted by atomic mass is 10.0. The average molecular weight is 565 g/mol. The summed E-state index contributed by atoms with van der Waals surface area (Å²) in [5.41, 5.74) is 2.17. The highest BCUT2D eigenvalue weighted by Gasteiger charge is 2.23. The van der Waals surface area contributed by atoms with Gasteiger partial charge in [0.05, 0.1) is 14.2 Å². The molecule has 0 radical (unpaired) electrons. The predicted octanol–water partition coefficient (Wildman–Crippen LogP) is 7.19. The summed E-state index contributed by atoms with van der Waals surface area (Å²) < 4.78 is 22.0. The van der Waals surface area contributed by atoms with Crippen molar-refractivity contribution in [3.8, 4) is 34.5 Å². The van der Waals surface area contributed by atoms with Crippen molar-refractivity contribution in [1.29, 1.82) is 0 Å². The standard InChI is InChI=1S/C33H40O8/c1-6-9-10-13-21-14-26(40-32(36)30-22(11-7-2)16-24(38-4)19-28(30)34)18-27(15-21)41-33(37)31-23(12-8-3)17-25(39-5)20-29(31)35/h14-20,34-35H,6-13H2,1-5H3. The molecule has 0 aliphatic carbocycles. The molecule has 0 saturated carbocycles. The highest BCUT2D eigenvalue weighted by Crippen LogP contribution is 2.33. The predicted molar refractivity (Wildman–Crippen MR) is 157 cm³/mol. The van der Waals surface area contributed by atoms with Crippen molar-refractivity contribution < 1.29 is 38.7 Å². The molecule has 220 valence electrons. The van der Waals surface area contributed by atoms with Gasteiger partial charge in [0, 0.05) is 18.2 Å². The maximum absolute atomic E-state index is 13.3. The first-order chi connectivity index (χ1) is 19.7. The number of carbonyl (C=O) groups excluding carboxylic acids is 2. The Hall–Kier alpha value is -4.20. The first-order valence-corrected chi connectivity index (χ1v) is 14.1. The number of phenols is 2. The van der Waals surface area contributed by atoms with Crippen molar-refractivity contribution in [3.05, 3.63) is 70.3 Å². The van der Waals surface area contributed by atoms with E-state index in [-0.39, 0.29) is 34.1 Å². The van der Waals surface area contributed by atoms with Crippen LogP contribution in [0, 0.1) is 0 Å². The maximum atomic E-state index is 13.3. The molecule has 0 amide bonds. The summed E-state index contributed by atoms with van der Waals surface area (Å²) in [5.74, 6) is -0.680. The van der Waals surface area contributed by atoms with E-state index >= 15 is 0 Å². The third-order valence-electron chi connectivity index (χ3n) is 6.69. The molecule has 3 rings (SSSR count). The van der Waals surface area contributed by atoms with Crippen molar-refractivity contribution in [3.63, 3.8) is 0 Å². The summed E-state index contributed by atoms with van der Waals surface area (Å²) in [7, 11) is 2.98. The second-order valence-corrected chi connectivity index (χ2v) is 9.91. The van der Waals surface area contributed by atoms with E-state index in [0.717, 1.165) is 37.7 Å². The van der Waals surface area contributed by atoms with Gasteiger partial charge < -0.3 is 29.2 Å². The summed E-state index contributed by atoms with van der Waals surface area (Å²) in [6.45, 7) is 6.05. The molecule has 41 heavy (non-hydrogen) atoms. The topological polar surface area (TPSA) is 112 Å². The molecule has 0 spiro atoms. The number of methoxy groups -OCH3 is 2. The van der Waals surface area contributed by atoms with Crippen molar-refractivity contribution in [2.75, 3.05) is 14.2 Å². The summed E-state index contributed by atoms with van der Waals surface area (Å²) in [5, 5.41) is 21.3. The Morgan fingerprint density at radius 2 is 1.05 bits per heavy atom. The number of ether oxygens (including phenoxy) is 4. The zero-order chi connectivity index (χ0) is 29.9. The molecule has 0 aliphatic heterocycles. The van der Waals surface area contributed by atoms with E-state index in [1.165, 1.54) is 32.4 Å². The van der Waals surface area contributed by atoms with E-state index in [0.29, 0.717) is 41.9 Å². The number of aromatic hydroxyl groups is 2. The molecule has 0 saturated heterocycles. The number of esters is 2. The van der Waals surface area contributed by atoms with Gasteiger partial charge >= 0.3 is 11.9 Å². The van der Waals surface area contributed by atoms with Crippen molar-refractivity contribution in [2.45, 2.75) is 72.1 Å². The van der Waals surface area contributed by atoms with Gasteiger partial charge in [-0.15, -0.1) is 0 Å². The SMILES string of the molecule is CCCCCc1cc(OC(=O)c2c(O)cc(OC)cc2CCC)cc(OC(=O)c2c(O)cc(OC)cc2CCC)c1. The molecule has 0 aliphatic rings. The number of unbranched alkanes of at least 4 members (excludes halogenated alkanes) is 2. The van der Waals surface area contributed by atoms with Gasteiger partial charge in [-0.2, -0.15) is 0 Å². The van der Waals surface area contributed by atoms with Crippen LogP contribution in [0.1, 0.15) is 90.3 Å². The summed E-state index contributed by atoms with van der Waals surface area (Å²) in [6.07, 6.45) is 6.22.